The van der Waals surface area contributed by atoms with E-state index in [1.807, 2.05) is 39.5 Å². The molecular weight excluding hydrogens is 252 g/mol. The summed E-state index contributed by atoms with van der Waals surface area (Å²) >= 11 is 0. The Hall–Kier alpha value is -1.06. The first-order chi connectivity index (χ1) is 9.21. The molecule has 4 heteroatoms. The van der Waals surface area contributed by atoms with Crippen LogP contribution in [0.25, 0.3) is 0 Å². The Morgan fingerprint density at radius 2 is 1.80 bits per heavy atom. The summed E-state index contributed by atoms with van der Waals surface area (Å²) < 4.78 is 0. The quantitative estimate of drug-likeness (QED) is 0.844. The molecule has 4 nitrogen and oxygen atoms in total. The lowest BCUT2D eigenvalue weighted by molar-refractivity contribution is -0.163. The highest BCUT2D eigenvalue weighted by Gasteiger charge is 2.53. The molecule has 114 valence electrons. The van der Waals surface area contributed by atoms with Gasteiger partial charge in [-0.25, -0.2) is 0 Å². The third-order valence-corrected chi connectivity index (χ3v) is 5.02. The second-order valence-electron chi connectivity index (χ2n) is 7.55. The molecule has 2 unspecified atom stereocenters. The molecule has 1 N–H and O–H groups in total. The van der Waals surface area contributed by atoms with Gasteiger partial charge in [0.25, 0.3) is 0 Å². The van der Waals surface area contributed by atoms with Gasteiger partial charge in [0.15, 0.2) is 0 Å². The predicted molar refractivity (Wildman–Crippen MR) is 79.2 cm³/mol. The Morgan fingerprint density at radius 1 is 1.25 bits per heavy atom. The van der Waals surface area contributed by atoms with E-state index in [4.69, 9.17) is 0 Å². The van der Waals surface area contributed by atoms with Crippen LogP contribution >= 0.6 is 0 Å². The van der Waals surface area contributed by atoms with E-state index in [0.29, 0.717) is 6.42 Å². The number of hydrogen-bond donors (Lipinski definition) is 1. The molecule has 20 heavy (non-hydrogen) atoms. The van der Waals surface area contributed by atoms with Gasteiger partial charge in [-0.15, -0.1) is 0 Å². The van der Waals surface area contributed by atoms with E-state index in [1.165, 1.54) is 0 Å². The molecule has 0 spiro atoms. The number of amides is 2. The van der Waals surface area contributed by atoms with Crippen molar-refractivity contribution in [2.24, 2.45) is 5.41 Å². The van der Waals surface area contributed by atoms with Gasteiger partial charge in [0.2, 0.25) is 11.8 Å². The van der Waals surface area contributed by atoms with Crippen LogP contribution in [0.15, 0.2) is 0 Å². The Bertz CT molecular complexity index is 407. The third kappa shape index (κ3) is 2.33. The number of carbonyl (C=O) groups is 2. The third-order valence-electron chi connectivity index (χ3n) is 5.02. The minimum Gasteiger partial charge on any atom is -0.342 e. The predicted octanol–water partition coefficient (Wildman–Crippen LogP) is 2.47. The lowest BCUT2D eigenvalue weighted by Crippen LogP contribution is -2.73. The molecule has 0 bridgehead atoms. The summed E-state index contributed by atoms with van der Waals surface area (Å²) in [5.74, 6) is 0.111. The van der Waals surface area contributed by atoms with Gasteiger partial charge in [-0.05, 0) is 31.6 Å². The summed E-state index contributed by atoms with van der Waals surface area (Å²) in [7, 11) is 0. The molecule has 1 aliphatic carbocycles. The average molecular weight is 280 g/mol. The fourth-order valence-electron chi connectivity index (χ4n) is 3.50. The topological polar surface area (TPSA) is 49.4 Å². The highest BCUT2D eigenvalue weighted by molar-refractivity contribution is 6.00. The van der Waals surface area contributed by atoms with Crippen LogP contribution in [-0.2, 0) is 9.59 Å². The van der Waals surface area contributed by atoms with E-state index in [-0.39, 0.29) is 23.3 Å². The van der Waals surface area contributed by atoms with Crippen molar-refractivity contribution in [2.45, 2.75) is 84.3 Å². The van der Waals surface area contributed by atoms with Crippen LogP contribution in [0.3, 0.4) is 0 Å². The second-order valence-corrected chi connectivity index (χ2v) is 7.55. The molecule has 2 fully saturated rings. The average Bonchev–Trinajstić information content (AvgIpc) is 2.86. The molecule has 2 aliphatic rings. The molecule has 1 saturated heterocycles. The highest BCUT2D eigenvalue weighted by atomic mass is 16.2. The zero-order valence-electron chi connectivity index (χ0n) is 13.5. The summed E-state index contributed by atoms with van der Waals surface area (Å²) in [4.78, 5) is 27.5. The monoisotopic (exact) mass is 280 g/mol. The first kappa shape index (κ1) is 15.3. The van der Waals surface area contributed by atoms with Crippen molar-refractivity contribution in [1.82, 2.24) is 10.2 Å². The fraction of sp³-hybridized carbons (Fsp3) is 0.875. The first-order valence-corrected chi connectivity index (χ1v) is 7.86. The number of nitrogens with zero attached hydrogens (tertiary/aromatic N) is 1. The number of nitrogens with one attached hydrogen (secondary N) is 1. The van der Waals surface area contributed by atoms with Crippen molar-refractivity contribution in [3.63, 3.8) is 0 Å². The number of piperazine rings is 1. The van der Waals surface area contributed by atoms with E-state index in [1.54, 1.807) is 0 Å². The molecule has 0 radical (unpaired) electrons. The van der Waals surface area contributed by atoms with E-state index in [9.17, 15) is 9.59 Å². The van der Waals surface area contributed by atoms with Gasteiger partial charge in [0, 0.05) is 6.04 Å². The summed E-state index contributed by atoms with van der Waals surface area (Å²) in [6.45, 7) is 9.94. The maximum absolute atomic E-state index is 13.0. The Morgan fingerprint density at radius 3 is 2.25 bits per heavy atom. The van der Waals surface area contributed by atoms with Gasteiger partial charge in [-0.3, -0.25) is 9.59 Å². The second kappa shape index (κ2) is 5.05. The smallest absolute Gasteiger partial charge is 0.246 e. The molecule has 0 aromatic rings. The zero-order chi connectivity index (χ0) is 15.1. The molecule has 1 saturated carbocycles. The van der Waals surface area contributed by atoms with Crippen LogP contribution in [0.4, 0.5) is 0 Å². The van der Waals surface area contributed by atoms with Gasteiger partial charge < -0.3 is 10.2 Å². The van der Waals surface area contributed by atoms with E-state index in [0.717, 1.165) is 25.7 Å². The van der Waals surface area contributed by atoms with E-state index >= 15 is 0 Å². The summed E-state index contributed by atoms with van der Waals surface area (Å²) in [6.07, 6.45) is 5.06. The SMILES string of the molecule is CCC1(C)C(=O)NC(C(C)(C)C)C(=O)N1C1CCCC1. The number of rotatable bonds is 2. The van der Waals surface area contributed by atoms with Gasteiger partial charge in [0.1, 0.15) is 11.6 Å². The lowest BCUT2D eigenvalue weighted by atomic mass is 9.79. The molecule has 0 aromatic heterocycles. The number of carbonyl (C=O) groups excluding carboxylic acids is 2. The standard InChI is InChI=1S/C16H28N2O2/c1-6-16(5)14(20)17-12(15(2,3)4)13(19)18(16)11-9-7-8-10-11/h11-12H,6-10H2,1-5H3,(H,17,20). The maximum atomic E-state index is 13.0. The maximum Gasteiger partial charge on any atom is 0.246 e. The van der Waals surface area contributed by atoms with Crippen LogP contribution in [0, 0.1) is 5.41 Å². The van der Waals surface area contributed by atoms with Crippen LogP contribution in [-0.4, -0.2) is 34.3 Å². The van der Waals surface area contributed by atoms with Crippen LogP contribution < -0.4 is 5.32 Å². The Balaban J connectivity index is 2.39. The van der Waals surface area contributed by atoms with Gasteiger partial charge >= 0.3 is 0 Å². The fourth-order valence-corrected chi connectivity index (χ4v) is 3.50. The first-order valence-electron chi connectivity index (χ1n) is 7.86. The normalized spacial score (nSPS) is 32.6. The van der Waals surface area contributed by atoms with Crippen molar-refractivity contribution < 1.29 is 9.59 Å². The van der Waals surface area contributed by atoms with Crippen molar-refractivity contribution in [2.75, 3.05) is 0 Å². The largest absolute Gasteiger partial charge is 0.342 e. The van der Waals surface area contributed by atoms with Gasteiger partial charge in [-0.1, -0.05) is 40.5 Å². The molecule has 1 aliphatic heterocycles. The molecule has 2 rings (SSSR count). The van der Waals surface area contributed by atoms with E-state index < -0.39 is 11.6 Å². The minimum atomic E-state index is -0.687. The van der Waals surface area contributed by atoms with Crippen molar-refractivity contribution >= 4 is 11.8 Å². The molecule has 1 heterocycles. The molecule has 2 atom stereocenters. The molecular formula is C16H28N2O2. The summed E-state index contributed by atoms with van der Waals surface area (Å²) in [6, 6.07) is -0.168. The highest BCUT2D eigenvalue weighted by Crippen LogP contribution is 2.37. The van der Waals surface area contributed by atoms with Crippen molar-refractivity contribution in [3.8, 4) is 0 Å². The lowest BCUT2D eigenvalue weighted by Gasteiger charge is -2.51. The van der Waals surface area contributed by atoms with Crippen LogP contribution in [0.2, 0.25) is 0 Å². The molecule has 2 amide bonds. The van der Waals surface area contributed by atoms with Crippen molar-refractivity contribution in [3.05, 3.63) is 0 Å². The summed E-state index contributed by atoms with van der Waals surface area (Å²) in [5.41, 5.74) is -0.938. The Kier molecular flexibility index (Phi) is 3.87. The van der Waals surface area contributed by atoms with Gasteiger partial charge in [-0.2, -0.15) is 0 Å². The number of hydrogen-bond acceptors (Lipinski definition) is 2. The Labute approximate surface area is 122 Å². The minimum absolute atomic E-state index is 0.00595. The summed E-state index contributed by atoms with van der Waals surface area (Å²) in [5, 5.41) is 2.97. The van der Waals surface area contributed by atoms with Crippen LogP contribution in [0.5, 0.6) is 0 Å². The van der Waals surface area contributed by atoms with E-state index in [2.05, 4.69) is 5.32 Å². The molecule has 0 aromatic carbocycles. The van der Waals surface area contributed by atoms with Crippen LogP contribution in [0.1, 0.15) is 66.7 Å². The van der Waals surface area contributed by atoms with Crippen molar-refractivity contribution in [1.29, 1.82) is 0 Å². The zero-order valence-corrected chi connectivity index (χ0v) is 13.5. The van der Waals surface area contributed by atoms with Gasteiger partial charge in [0.05, 0.1) is 0 Å².